The van der Waals surface area contributed by atoms with Crippen molar-refractivity contribution >= 4 is 17.6 Å². The number of morpholine rings is 2. The Labute approximate surface area is 159 Å². The standard InChI is InChI=1S/C20H27N3O4/c1-2-14-3-5-15(6-4-14)21-20(25)23-12-16-11-17(18(13-23)27-16)19(24)22-7-9-26-10-8-22/h3-6,16-18H,2,7-13H2,1H3,(H,21,25)/t16-,17+,18-/m0/s1. The monoisotopic (exact) mass is 373 g/mol. The van der Waals surface area contributed by atoms with Gasteiger partial charge in [-0.1, -0.05) is 19.1 Å². The third-order valence-electron chi connectivity index (χ3n) is 5.70. The van der Waals surface area contributed by atoms with Crippen LogP contribution in [-0.2, 0) is 20.7 Å². The fourth-order valence-electron chi connectivity index (χ4n) is 4.13. The minimum Gasteiger partial charge on any atom is -0.378 e. The first-order chi connectivity index (χ1) is 13.1. The molecule has 1 aromatic rings. The number of hydrogen-bond donors (Lipinski definition) is 1. The molecule has 3 aliphatic rings. The molecule has 7 heteroatoms. The maximum absolute atomic E-state index is 12.8. The van der Waals surface area contributed by atoms with Crippen molar-refractivity contribution in [3.8, 4) is 0 Å². The van der Waals surface area contributed by atoms with E-state index in [9.17, 15) is 9.59 Å². The highest BCUT2D eigenvalue weighted by Gasteiger charge is 2.47. The number of carbonyl (C=O) groups is 2. The number of carbonyl (C=O) groups excluding carboxylic acids is 2. The van der Waals surface area contributed by atoms with Crippen LogP contribution in [-0.4, -0.2) is 73.3 Å². The van der Waals surface area contributed by atoms with Gasteiger partial charge in [-0.2, -0.15) is 0 Å². The van der Waals surface area contributed by atoms with Crippen molar-refractivity contribution in [3.63, 3.8) is 0 Å². The van der Waals surface area contributed by atoms with E-state index in [1.807, 2.05) is 29.2 Å². The van der Waals surface area contributed by atoms with Crippen LogP contribution in [0.5, 0.6) is 0 Å². The number of nitrogens with one attached hydrogen (secondary N) is 1. The van der Waals surface area contributed by atoms with E-state index in [2.05, 4.69) is 12.2 Å². The van der Waals surface area contributed by atoms with Crippen molar-refractivity contribution in [2.45, 2.75) is 32.0 Å². The number of hydrogen-bond acceptors (Lipinski definition) is 4. The second-order valence-corrected chi connectivity index (χ2v) is 7.46. The molecular weight excluding hydrogens is 346 g/mol. The number of aryl methyl sites for hydroxylation is 1. The predicted octanol–water partition coefficient (Wildman–Crippen LogP) is 1.73. The summed E-state index contributed by atoms with van der Waals surface area (Å²) < 4.78 is 11.3. The molecule has 2 bridgehead atoms. The predicted molar refractivity (Wildman–Crippen MR) is 101 cm³/mol. The van der Waals surface area contributed by atoms with E-state index >= 15 is 0 Å². The Morgan fingerprint density at radius 3 is 2.56 bits per heavy atom. The van der Waals surface area contributed by atoms with Crippen molar-refractivity contribution in [2.24, 2.45) is 5.92 Å². The quantitative estimate of drug-likeness (QED) is 0.876. The number of urea groups is 1. The van der Waals surface area contributed by atoms with Gasteiger partial charge in [-0.05, 0) is 30.5 Å². The molecule has 0 saturated carbocycles. The van der Waals surface area contributed by atoms with Gasteiger partial charge < -0.3 is 24.6 Å². The van der Waals surface area contributed by atoms with Gasteiger partial charge in [-0.15, -0.1) is 0 Å². The Balaban J connectivity index is 1.36. The van der Waals surface area contributed by atoms with Crippen LogP contribution >= 0.6 is 0 Å². The Hall–Kier alpha value is -2.12. The summed E-state index contributed by atoms with van der Waals surface area (Å²) in [7, 11) is 0. The molecule has 3 saturated heterocycles. The maximum Gasteiger partial charge on any atom is 0.322 e. The average Bonchev–Trinajstić information content (AvgIpc) is 3.02. The first-order valence-electron chi connectivity index (χ1n) is 9.81. The van der Waals surface area contributed by atoms with Crippen molar-refractivity contribution in [1.29, 1.82) is 0 Å². The molecule has 4 rings (SSSR count). The van der Waals surface area contributed by atoms with E-state index in [0.29, 0.717) is 45.8 Å². The number of anilines is 1. The zero-order chi connectivity index (χ0) is 18.8. The van der Waals surface area contributed by atoms with Gasteiger partial charge in [0.25, 0.3) is 0 Å². The average molecular weight is 373 g/mol. The van der Waals surface area contributed by atoms with Crippen LogP contribution in [0.1, 0.15) is 18.9 Å². The van der Waals surface area contributed by atoms with Gasteiger partial charge in [0.1, 0.15) is 0 Å². The Kier molecular flexibility index (Phi) is 5.31. The van der Waals surface area contributed by atoms with Gasteiger partial charge in [-0.25, -0.2) is 4.79 Å². The van der Waals surface area contributed by atoms with Crippen LogP contribution in [0.25, 0.3) is 0 Å². The first-order valence-corrected chi connectivity index (χ1v) is 9.81. The maximum atomic E-state index is 12.8. The number of benzene rings is 1. The molecule has 0 spiro atoms. The van der Waals surface area contributed by atoms with Crippen molar-refractivity contribution in [1.82, 2.24) is 9.80 Å². The number of amides is 3. The summed E-state index contributed by atoms with van der Waals surface area (Å²) in [6.45, 7) is 5.57. The molecule has 146 valence electrons. The minimum absolute atomic E-state index is 0.0630. The van der Waals surface area contributed by atoms with E-state index in [4.69, 9.17) is 9.47 Å². The topological polar surface area (TPSA) is 71.1 Å². The van der Waals surface area contributed by atoms with Crippen LogP contribution in [0, 0.1) is 5.92 Å². The molecule has 3 aliphatic heterocycles. The van der Waals surface area contributed by atoms with E-state index < -0.39 is 0 Å². The normalized spacial score (nSPS) is 27.5. The molecule has 3 atom stereocenters. The van der Waals surface area contributed by atoms with Crippen molar-refractivity contribution in [3.05, 3.63) is 29.8 Å². The summed E-state index contributed by atoms with van der Waals surface area (Å²) in [5.74, 6) is -0.0158. The zero-order valence-corrected chi connectivity index (χ0v) is 15.7. The number of fused-ring (bicyclic) bond motifs is 2. The molecule has 0 aromatic heterocycles. The van der Waals surface area contributed by atoms with Gasteiger partial charge >= 0.3 is 6.03 Å². The molecule has 0 radical (unpaired) electrons. The van der Waals surface area contributed by atoms with Crippen molar-refractivity contribution < 1.29 is 19.1 Å². The van der Waals surface area contributed by atoms with E-state index in [-0.39, 0.29) is 30.1 Å². The van der Waals surface area contributed by atoms with Gasteiger partial charge in [0.15, 0.2) is 0 Å². The van der Waals surface area contributed by atoms with Gasteiger partial charge in [-0.3, -0.25) is 4.79 Å². The van der Waals surface area contributed by atoms with E-state index in [1.54, 1.807) is 4.90 Å². The molecular formula is C20H27N3O4. The smallest absolute Gasteiger partial charge is 0.322 e. The molecule has 3 heterocycles. The second kappa shape index (κ2) is 7.86. The molecule has 1 N–H and O–H groups in total. The summed E-state index contributed by atoms with van der Waals surface area (Å²) in [6, 6.07) is 7.77. The largest absolute Gasteiger partial charge is 0.378 e. The summed E-state index contributed by atoms with van der Waals surface area (Å²) in [5, 5.41) is 2.96. The number of ether oxygens (including phenoxy) is 2. The Bertz CT molecular complexity index is 687. The molecule has 3 amide bonds. The summed E-state index contributed by atoms with van der Waals surface area (Å²) >= 11 is 0. The van der Waals surface area contributed by atoms with Crippen LogP contribution in [0.4, 0.5) is 10.5 Å². The summed E-state index contributed by atoms with van der Waals surface area (Å²) in [6.07, 6.45) is 1.38. The Morgan fingerprint density at radius 2 is 1.85 bits per heavy atom. The van der Waals surface area contributed by atoms with Crippen molar-refractivity contribution in [2.75, 3.05) is 44.7 Å². The lowest BCUT2D eigenvalue weighted by Crippen LogP contribution is -2.50. The van der Waals surface area contributed by atoms with Crippen LogP contribution < -0.4 is 5.32 Å². The van der Waals surface area contributed by atoms with Crippen LogP contribution in [0.3, 0.4) is 0 Å². The molecule has 7 nitrogen and oxygen atoms in total. The lowest BCUT2D eigenvalue weighted by molar-refractivity contribution is -0.142. The first kappa shape index (κ1) is 18.3. The van der Waals surface area contributed by atoms with Crippen LogP contribution in [0.15, 0.2) is 24.3 Å². The highest BCUT2D eigenvalue weighted by atomic mass is 16.5. The van der Waals surface area contributed by atoms with Gasteiger partial charge in [0, 0.05) is 31.9 Å². The number of likely N-dealkylation sites (tertiary alicyclic amines) is 1. The van der Waals surface area contributed by atoms with E-state index in [1.165, 1.54) is 5.56 Å². The molecule has 27 heavy (non-hydrogen) atoms. The highest BCUT2D eigenvalue weighted by Crippen LogP contribution is 2.33. The number of nitrogens with zero attached hydrogens (tertiary/aromatic N) is 2. The SMILES string of the molecule is CCc1ccc(NC(=O)N2C[C@@H]3C[C@@H](C(=O)N4CCOCC4)[C@H](C2)O3)cc1. The van der Waals surface area contributed by atoms with Gasteiger partial charge in [0.2, 0.25) is 5.91 Å². The lowest BCUT2D eigenvalue weighted by atomic mass is 9.98. The van der Waals surface area contributed by atoms with Crippen LogP contribution in [0.2, 0.25) is 0 Å². The second-order valence-electron chi connectivity index (χ2n) is 7.46. The summed E-state index contributed by atoms with van der Waals surface area (Å²) in [4.78, 5) is 29.2. The fourth-order valence-corrected chi connectivity index (χ4v) is 4.13. The van der Waals surface area contributed by atoms with E-state index in [0.717, 1.165) is 12.1 Å². The molecule has 1 aromatic carbocycles. The molecule has 0 aliphatic carbocycles. The fraction of sp³-hybridized carbons (Fsp3) is 0.600. The molecule has 0 unspecified atom stereocenters. The highest BCUT2D eigenvalue weighted by molar-refractivity contribution is 5.89. The van der Waals surface area contributed by atoms with Gasteiger partial charge in [0.05, 0.1) is 31.3 Å². The third-order valence-corrected chi connectivity index (χ3v) is 5.70. The lowest BCUT2D eigenvalue weighted by Gasteiger charge is -2.34. The zero-order valence-electron chi connectivity index (χ0n) is 15.7. The third kappa shape index (κ3) is 3.94. The number of rotatable bonds is 3. The Morgan fingerprint density at radius 1 is 1.11 bits per heavy atom. The molecule has 3 fully saturated rings. The summed E-state index contributed by atoms with van der Waals surface area (Å²) in [5.41, 5.74) is 2.03. The minimum atomic E-state index is -0.215.